The molecule has 6 heteroatoms. The van der Waals surface area contributed by atoms with Gasteiger partial charge in [-0.1, -0.05) is 5.57 Å². The molecule has 0 saturated heterocycles. The van der Waals surface area contributed by atoms with Gasteiger partial charge >= 0.3 is 12.1 Å². The third-order valence-electron chi connectivity index (χ3n) is 2.98. The quantitative estimate of drug-likeness (QED) is 0.732. The molecule has 3 N–H and O–H groups in total. The van der Waals surface area contributed by atoms with Crippen LogP contribution in [0.15, 0.2) is 22.9 Å². The molecule has 0 fully saturated rings. The highest BCUT2D eigenvalue weighted by molar-refractivity contribution is 5.91. The highest BCUT2D eigenvalue weighted by atomic mass is 19.4. The van der Waals surface area contributed by atoms with Crippen LogP contribution in [0.3, 0.4) is 0 Å². The molecular weight excluding hydrogens is 223 g/mol. The number of rotatable bonds is 1. The molecule has 16 heavy (non-hydrogen) atoms. The summed E-state index contributed by atoms with van der Waals surface area (Å²) in [5, 5.41) is 8.74. The van der Waals surface area contributed by atoms with Crippen molar-refractivity contribution in [2.75, 3.05) is 0 Å². The molecule has 90 valence electrons. The summed E-state index contributed by atoms with van der Waals surface area (Å²) in [6.07, 6.45) is -3.96. The molecule has 0 aliphatic heterocycles. The molecule has 0 radical (unpaired) electrons. The number of carbonyl (C=O) groups is 1. The normalized spacial score (nSPS) is 26.7. The first-order valence-electron chi connectivity index (χ1n) is 4.57. The lowest BCUT2D eigenvalue weighted by Crippen LogP contribution is -2.40. The van der Waals surface area contributed by atoms with Crippen LogP contribution < -0.4 is 5.73 Å². The molecule has 1 rings (SSSR count). The minimum absolute atomic E-state index is 0.0356. The zero-order chi connectivity index (χ0) is 12.7. The number of carboxylic acids is 1. The predicted molar refractivity (Wildman–Crippen MR) is 51.4 cm³/mol. The fraction of sp³-hybridized carbons (Fsp3) is 0.500. The van der Waals surface area contributed by atoms with Crippen LogP contribution in [0.4, 0.5) is 13.2 Å². The molecular formula is C10H12F3NO2. The highest BCUT2D eigenvalue weighted by Gasteiger charge is 2.53. The summed E-state index contributed by atoms with van der Waals surface area (Å²) in [4.78, 5) is 10.7. The van der Waals surface area contributed by atoms with Crippen LogP contribution >= 0.6 is 0 Å². The molecule has 3 nitrogen and oxygen atoms in total. The van der Waals surface area contributed by atoms with Crippen molar-refractivity contribution in [1.29, 1.82) is 0 Å². The van der Waals surface area contributed by atoms with Gasteiger partial charge in [0.1, 0.15) is 0 Å². The van der Waals surface area contributed by atoms with E-state index in [0.717, 1.165) is 13.0 Å². The Kier molecular flexibility index (Phi) is 2.79. The summed E-state index contributed by atoms with van der Waals surface area (Å²) >= 11 is 0. The Bertz CT molecular complexity index is 395. The smallest absolute Gasteiger partial charge is 0.398 e. The molecule has 0 saturated carbocycles. The van der Waals surface area contributed by atoms with E-state index in [-0.39, 0.29) is 16.8 Å². The Labute approximate surface area is 90.4 Å². The lowest BCUT2D eigenvalue weighted by Gasteiger charge is -2.36. The summed E-state index contributed by atoms with van der Waals surface area (Å²) in [5.74, 6) is -1.30. The average Bonchev–Trinajstić information content (AvgIpc) is 2.08. The first-order chi connectivity index (χ1) is 7.09. The summed E-state index contributed by atoms with van der Waals surface area (Å²) in [6.45, 7) is 2.28. The molecule has 0 aromatic carbocycles. The van der Waals surface area contributed by atoms with Crippen molar-refractivity contribution in [3.8, 4) is 0 Å². The van der Waals surface area contributed by atoms with Crippen LogP contribution in [0.25, 0.3) is 0 Å². The van der Waals surface area contributed by atoms with E-state index in [0.29, 0.717) is 0 Å². The fourth-order valence-corrected chi connectivity index (χ4v) is 1.61. The topological polar surface area (TPSA) is 63.3 Å². The zero-order valence-electron chi connectivity index (χ0n) is 8.85. The van der Waals surface area contributed by atoms with E-state index in [9.17, 15) is 18.0 Å². The number of hydrogen-bond acceptors (Lipinski definition) is 2. The Hall–Kier alpha value is -1.46. The minimum atomic E-state index is -4.44. The fourth-order valence-electron chi connectivity index (χ4n) is 1.61. The summed E-state index contributed by atoms with van der Waals surface area (Å²) < 4.78 is 38.4. The first-order valence-corrected chi connectivity index (χ1v) is 4.57. The van der Waals surface area contributed by atoms with E-state index < -0.39 is 24.0 Å². The maximum Gasteiger partial charge on any atom is 0.398 e. The van der Waals surface area contributed by atoms with Gasteiger partial charge in [0.2, 0.25) is 0 Å². The van der Waals surface area contributed by atoms with Crippen molar-refractivity contribution >= 4 is 5.97 Å². The van der Waals surface area contributed by atoms with E-state index in [1.807, 2.05) is 0 Å². The molecule has 0 bridgehead atoms. The Morgan fingerprint density at radius 3 is 2.44 bits per heavy atom. The van der Waals surface area contributed by atoms with Crippen LogP contribution in [0.1, 0.15) is 20.3 Å². The molecule has 1 aliphatic carbocycles. The summed E-state index contributed by atoms with van der Waals surface area (Å²) in [6, 6.07) is 0. The van der Waals surface area contributed by atoms with Gasteiger partial charge in [-0.2, -0.15) is 13.2 Å². The van der Waals surface area contributed by atoms with Crippen LogP contribution in [0.5, 0.6) is 0 Å². The summed E-state index contributed by atoms with van der Waals surface area (Å²) in [5.41, 5.74) is 2.77. The molecule has 1 atom stereocenters. The molecule has 0 spiro atoms. The van der Waals surface area contributed by atoms with E-state index in [1.165, 1.54) is 6.92 Å². The van der Waals surface area contributed by atoms with Gasteiger partial charge in [-0.15, -0.1) is 0 Å². The molecule has 0 aromatic heterocycles. The van der Waals surface area contributed by atoms with Gasteiger partial charge in [0, 0.05) is 12.1 Å². The highest BCUT2D eigenvalue weighted by Crippen LogP contribution is 2.49. The summed E-state index contributed by atoms with van der Waals surface area (Å²) in [7, 11) is 0. The SMILES string of the molecule is CC1=CC(C(=O)O)=C(N)CC1(C)C(F)(F)F. The van der Waals surface area contributed by atoms with Crippen LogP contribution in [0.2, 0.25) is 0 Å². The average molecular weight is 235 g/mol. The second kappa shape index (κ2) is 3.54. The standard InChI is InChI=1S/C10H12F3NO2/c1-5-3-6(8(15)16)7(14)4-9(5,2)10(11,12)13/h3H,4,14H2,1-2H3,(H,15,16). The number of aliphatic carboxylic acids is 1. The van der Waals surface area contributed by atoms with Crippen LogP contribution in [-0.4, -0.2) is 17.3 Å². The Balaban J connectivity index is 3.23. The van der Waals surface area contributed by atoms with Crippen molar-refractivity contribution in [3.05, 3.63) is 22.9 Å². The van der Waals surface area contributed by atoms with Gasteiger partial charge in [0.05, 0.1) is 11.0 Å². The minimum Gasteiger partial charge on any atom is -0.478 e. The molecule has 1 aliphatic rings. The maximum atomic E-state index is 12.8. The van der Waals surface area contributed by atoms with Crippen LogP contribution in [0, 0.1) is 5.41 Å². The number of halogens is 3. The van der Waals surface area contributed by atoms with Gasteiger partial charge in [0.15, 0.2) is 0 Å². The van der Waals surface area contributed by atoms with Gasteiger partial charge < -0.3 is 10.8 Å². The van der Waals surface area contributed by atoms with E-state index in [4.69, 9.17) is 10.8 Å². The predicted octanol–water partition coefficient (Wildman–Crippen LogP) is 2.20. The molecule has 0 heterocycles. The number of alkyl halides is 3. The van der Waals surface area contributed by atoms with Crippen molar-refractivity contribution in [1.82, 2.24) is 0 Å². The van der Waals surface area contributed by atoms with Crippen molar-refractivity contribution in [3.63, 3.8) is 0 Å². The maximum absolute atomic E-state index is 12.8. The second-order valence-electron chi connectivity index (χ2n) is 4.08. The lowest BCUT2D eigenvalue weighted by molar-refractivity contribution is -0.204. The third-order valence-corrected chi connectivity index (χ3v) is 2.98. The van der Waals surface area contributed by atoms with Gasteiger partial charge in [-0.3, -0.25) is 0 Å². The monoisotopic (exact) mass is 235 g/mol. The Morgan fingerprint density at radius 1 is 1.56 bits per heavy atom. The van der Waals surface area contributed by atoms with E-state index in [2.05, 4.69) is 0 Å². The van der Waals surface area contributed by atoms with E-state index in [1.54, 1.807) is 0 Å². The van der Waals surface area contributed by atoms with Gasteiger partial charge in [0.25, 0.3) is 0 Å². The zero-order valence-corrected chi connectivity index (χ0v) is 8.85. The van der Waals surface area contributed by atoms with E-state index >= 15 is 0 Å². The molecule has 0 amide bonds. The number of allylic oxidation sites excluding steroid dienone is 2. The number of hydrogen-bond donors (Lipinski definition) is 2. The number of carboxylic acid groups (broad SMARTS) is 1. The first kappa shape index (κ1) is 12.6. The lowest BCUT2D eigenvalue weighted by atomic mass is 9.73. The van der Waals surface area contributed by atoms with Gasteiger partial charge in [-0.05, 0) is 19.9 Å². The third kappa shape index (κ3) is 1.79. The van der Waals surface area contributed by atoms with Crippen LogP contribution in [-0.2, 0) is 4.79 Å². The largest absolute Gasteiger partial charge is 0.478 e. The van der Waals surface area contributed by atoms with Gasteiger partial charge in [-0.25, -0.2) is 4.79 Å². The Morgan fingerprint density at radius 2 is 2.06 bits per heavy atom. The number of nitrogens with two attached hydrogens (primary N) is 1. The van der Waals surface area contributed by atoms with Crippen molar-refractivity contribution in [2.45, 2.75) is 26.4 Å². The molecule has 0 aromatic rings. The van der Waals surface area contributed by atoms with Crippen molar-refractivity contribution < 1.29 is 23.1 Å². The second-order valence-corrected chi connectivity index (χ2v) is 4.08. The molecule has 1 unspecified atom stereocenters. The van der Waals surface area contributed by atoms with Crippen molar-refractivity contribution in [2.24, 2.45) is 11.1 Å².